The van der Waals surface area contributed by atoms with Gasteiger partial charge in [-0.1, -0.05) is 13.8 Å². The Morgan fingerprint density at radius 2 is 2.33 bits per heavy atom. The van der Waals surface area contributed by atoms with Gasteiger partial charge in [-0.15, -0.1) is 0 Å². The highest BCUT2D eigenvalue weighted by atomic mass is 15.1. The molecule has 1 aliphatic heterocycles. The van der Waals surface area contributed by atoms with E-state index in [-0.39, 0.29) is 0 Å². The van der Waals surface area contributed by atoms with Crippen molar-refractivity contribution in [3.63, 3.8) is 0 Å². The topological polar surface area (TPSA) is 29.3 Å². The molecule has 0 amide bonds. The molecule has 2 N–H and O–H groups in total. The number of nitrogens with two attached hydrogens (primary N) is 1. The Hall–Kier alpha value is -0.0800. The SMILES string of the molecule is CC(CCN)CN1CCC(C)C1. The molecule has 0 aromatic heterocycles. The predicted molar refractivity (Wildman–Crippen MR) is 53.1 cm³/mol. The van der Waals surface area contributed by atoms with Crippen molar-refractivity contribution < 1.29 is 0 Å². The smallest absolute Gasteiger partial charge is 0.000761 e. The van der Waals surface area contributed by atoms with Gasteiger partial charge in [0.25, 0.3) is 0 Å². The lowest BCUT2D eigenvalue weighted by molar-refractivity contribution is 0.274. The summed E-state index contributed by atoms with van der Waals surface area (Å²) in [6.45, 7) is 9.33. The predicted octanol–water partition coefficient (Wildman–Crippen LogP) is 1.31. The highest BCUT2D eigenvalue weighted by Gasteiger charge is 2.19. The largest absolute Gasteiger partial charge is 0.330 e. The average Bonchev–Trinajstić information content (AvgIpc) is 2.36. The van der Waals surface area contributed by atoms with Crippen LogP contribution in [0.3, 0.4) is 0 Å². The second kappa shape index (κ2) is 4.83. The zero-order valence-electron chi connectivity index (χ0n) is 8.42. The third kappa shape index (κ3) is 3.11. The molecule has 0 aliphatic carbocycles. The van der Waals surface area contributed by atoms with Gasteiger partial charge in [0.05, 0.1) is 0 Å². The van der Waals surface area contributed by atoms with Gasteiger partial charge < -0.3 is 10.6 Å². The van der Waals surface area contributed by atoms with Crippen molar-refractivity contribution in [1.82, 2.24) is 4.90 Å². The lowest BCUT2D eigenvalue weighted by atomic mass is 10.1. The van der Waals surface area contributed by atoms with E-state index in [4.69, 9.17) is 5.73 Å². The fourth-order valence-electron chi connectivity index (χ4n) is 2.01. The van der Waals surface area contributed by atoms with Crippen molar-refractivity contribution in [2.75, 3.05) is 26.2 Å². The summed E-state index contributed by atoms with van der Waals surface area (Å²) in [6, 6.07) is 0. The summed E-state index contributed by atoms with van der Waals surface area (Å²) in [7, 11) is 0. The zero-order chi connectivity index (χ0) is 8.97. The summed E-state index contributed by atoms with van der Waals surface area (Å²) in [4.78, 5) is 2.57. The zero-order valence-corrected chi connectivity index (χ0v) is 8.42. The van der Waals surface area contributed by atoms with Gasteiger partial charge in [-0.25, -0.2) is 0 Å². The fraction of sp³-hybridized carbons (Fsp3) is 1.00. The minimum Gasteiger partial charge on any atom is -0.330 e. The first-order valence-corrected chi connectivity index (χ1v) is 5.14. The number of nitrogens with zero attached hydrogens (tertiary/aromatic N) is 1. The van der Waals surface area contributed by atoms with Gasteiger partial charge in [-0.3, -0.25) is 0 Å². The number of likely N-dealkylation sites (tertiary alicyclic amines) is 1. The van der Waals surface area contributed by atoms with E-state index in [0.717, 1.165) is 18.4 Å². The summed E-state index contributed by atoms with van der Waals surface area (Å²) in [5.41, 5.74) is 5.51. The van der Waals surface area contributed by atoms with Gasteiger partial charge in [0.2, 0.25) is 0 Å². The van der Waals surface area contributed by atoms with E-state index in [1.807, 2.05) is 0 Å². The molecule has 0 bridgehead atoms. The van der Waals surface area contributed by atoms with Crippen LogP contribution < -0.4 is 5.73 Å². The molecule has 12 heavy (non-hydrogen) atoms. The van der Waals surface area contributed by atoms with Crippen molar-refractivity contribution in [3.05, 3.63) is 0 Å². The fourth-order valence-corrected chi connectivity index (χ4v) is 2.01. The summed E-state index contributed by atoms with van der Waals surface area (Å²) < 4.78 is 0. The molecule has 1 aliphatic rings. The van der Waals surface area contributed by atoms with Gasteiger partial charge in [0.15, 0.2) is 0 Å². The minimum absolute atomic E-state index is 0.778. The van der Waals surface area contributed by atoms with Gasteiger partial charge in [0, 0.05) is 13.1 Å². The van der Waals surface area contributed by atoms with E-state index in [2.05, 4.69) is 18.7 Å². The molecule has 0 saturated carbocycles. The molecule has 0 radical (unpaired) electrons. The Balaban J connectivity index is 2.14. The summed E-state index contributed by atoms with van der Waals surface area (Å²) in [5.74, 6) is 1.69. The van der Waals surface area contributed by atoms with Crippen molar-refractivity contribution >= 4 is 0 Å². The number of hydrogen-bond acceptors (Lipinski definition) is 2. The van der Waals surface area contributed by atoms with Crippen LogP contribution in [-0.4, -0.2) is 31.1 Å². The third-order valence-corrected chi connectivity index (χ3v) is 2.74. The molecule has 0 aromatic rings. The van der Waals surface area contributed by atoms with E-state index in [1.54, 1.807) is 0 Å². The van der Waals surface area contributed by atoms with Crippen LogP contribution >= 0.6 is 0 Å². The molecular formula is C10H22N2. The van der Waals surface area contributed by atoms with Crippen LogP contribution in [0.1, 0.15) is 26.7 Å². The van der Waals surface area contributed by atoms with Crippen LogP contribution in [0.15, 0.2) is 0 Å². The molecule has 72 valence electrons. The summed E-state index contributed by atoms with van der Waals surface area (Å²) in [5, 5.41) is 0. The van der Waals surface area contributed by atoms with Gasteiger partial charge in [-0.05, 0) is 37.8 Å². The second-order valence-electron chi connectivity index (χ2n) is 4.34. The van der Waals surface area contributed by atoms with Gasteiger partial charge >= 0.3 is 0 Å². The van der Waals surface area contributed by atoms with E-state index in [0.29, 0.717) is 0 Å². The van der Waals surface area contributed by atoms with E-state index in [1.165, 1.54) is 32.5 Å². The molecule has 2 atom stereocenters. The van der Waals surface area contributed by atoms with Crippen LogP contribution in [0.2, 0.25) is 0 Å². The maximum Gasteiger partial charge on any atom is 0.000761 e. The first-order valence-electron chi connectivity index (χ1n) is 5.14. The van der Waals surface area contributed by atoms with Crippen molar-refractivity contribution in [2.45, 2.75) is 26.7 Å². The first kappa shape index (κ1) is 10.0. The standard InChI is InChI=1S/C10H22N2/c1-9(3-5-11)7-12-6-4-10(2)8-12/h9-10H,3-8,11H2,1-2H3. The van der Waals surface area contributed by atoms with Gasteiger partial charge in [0.1, 0.15) is 0 Å². The monoisotopic (exact) mass is 170 g/mol. The van der Waals surface area contributed by atoms with Gasteiger partial charge in [-0.2, -0.15) is 0 Å². The van der Waals surface area contributed by atoms with E-state index < -0.39 is 0 Å². The molecule has 1 rings (SSSR count). The molecule has 2 heteroatoms. The Morgan fingerprint density at radius 3 is 2.83 bits per heavy atom. The number of rotatable bonds is 4. The number of hydrogen-bond donors (Lipinski definition) is 1. The second-order valence-corrected chi connectivity index (χ2v) is 4.34. The Labute approximate surface area is 76.1 Å². The van der Waals surface area contributed by atoms with E-state index >= 15 is 0 Å². The third-order valence-electron chi connectivity index (χ3n) is 2.74. The molecule has 1 saturated heterocycles. The van der Waals surface area contributed by atoms with Crippen molar-refractivity contribution in [2.24, 2.45) is 17.6 Å². The van der Waals surface area contributed by atoms with Crippen LogP contribution in [-0.2, 0) is 0 Å². The maximum atomic E-state index is 5.51. The van der Waals surface area contributed by atoms with Crippen molar-refractivity contribution in [1.29, 1.82) is 0 Å². The van der Waals surface area contributed by atoms with E-state index in [9.17, 15) is 0 Å². The molecule has 1 fully saturated rings. The van der Waals surface area contributed by atoms with Crippen LogP contribution in [0.5, 0.6) is 0 Å². The summed E-state index contributed by atoms with van der Waals surface area (Å²) >= 11 is 0. The molecular weight excluding hydrogens is 148 g/mol. The van der Waals surface area contributed by atoms with Crippen molar-refractivity contribution in [3.8, 4) is 0 Å². The molecule has 1 heterocycles. The van der Waals surface area contributed by atoms with Crippen LogP contribution in [0.25, 0.3) is 0 Å². The molecule has 2 unspecified atom stereocenters. The first-order chi connectivity index (χ1) is 5.72. The molecule has 0 spiro atoms. The van der Waals surface area contributed by atoms with Crippen LogP contribution in [0, 0.1) is 11.8 Å². The lowest BCUT2D eigenvalue weighted by Crippen LogP contribution is -2.27. The Kier molecular flexibility index (Phi) is 4.02. The lowest BCUT2D eigenvalue weighted by Gasteiger charge is -2.19. The Morgan fingerprint density at radius 1 is 1.58 bits per heavy atom. The average molecular weight is 170 g/mol. The quantitative estimate of drug-likeness (QED) is 0.689. The maximum absolute atomic E-state index is 5.51. The molecule has 0 aromatic carbocycles. The Bertz CT molecular complexity index is 125. The molecule has 2 nitrogen and oxygen atoms in total. The minimum atomic E-state index is 0.778. The van der Waals surface area contributed by atoms with Crippen LogP contribution in [0.4, 0.5) is 0 Å². The highest BCUT2D eigenvalue weighted by Crippen LogP contribution is 2.16. The highest BCUT2D eigenvalue weighted by molar-refractivity contribution is 4.73. The summed E-state index contributed by atoms with van der Waals surface area (Å²) in [6.07, 6.45) is 2.56. The normalized spacial score (nSPS) is 27.8.